The Bertz CT molecular complexity index is 451. The smallest absolute Gasteiger partial charge is 0.0991 e. The first kappa shape index (κ1) is 13.1. The minimum atomic E-state index is 0.500. The summed E-state index contributed by atoms with van der Waals surface area (Å²) >= 11 is 0. The second kappa shape index (κ2) is 5.54. The highest BCUT2D eigenvalue weighted by Crippen LogP contribution is 2.36. The van der Waals surface area contributed by atoms with Crippen LogP contribution < -0.4 is 5.32 Å². The van der Waals surface area contributed by atoms with E-state index in [1.54, 1.807) is 0 Å². The van der Waals surface area contributed by atoms with Crippen LogP contribution in [0.25, 0.3) is 0 Å². The van der Waals surface area contributed by atoms with E-state index in [1.165, 1.54) is 36.8 Å². The van der Waals surface area contributed by atoms with Crippen molar-refractivity contribution in [3.05, 3.63) is 34.9 Å². The minimum absolute atomic E-state index is 0.500. The summed E-state index contributed by atoms with van der Waals surface area (Å²) in [5, 5.41) is 12.4. The van der Waals surface area contributed by atoms with Crippen LogP contribution in [0.5, 0.6) is 0 Å². The molecule has 1 aliphatic carbocycles. The molecule has 1 N–H and O–H groups in total. The number of hydrogen-bond acceptors (Lipinski definition) is 2. The molecule has 96 valence electrons. The molecule has 0 spiro atoms. The maximum atomic E-state index is 8.84. The maximum Gasteiger partial charge on any atom is 0.0991 e. The predicted octanol–water partition coefficient (Wildman–Crippen LogP) is 3.54. The number of hydrogen-bond donors (Lipinski definition) is 1. The van der Waals surface area contributed by atoms with E-state index in [0.717, 1.165) is 18.7 Å². The van der Waals surface area contributed by atoms with E-state index < -0.39 is 0 Å². The Balaban J connectivity index is 1.89. The summed E-state index contributed by atoms with van der Waals surface area (Å²) in [6.07, 6.45) is 5.47. The highest BCUT2D eigenvalue weighted by atomic mass is 14.9. The van der Waals surface area contributed by atoms with E-state index in [1.807, 2.05) is 12.1 Å². The van der Waals surface area contributed by atoms with Crippen molar-refractivity contribution in [3.63, 3.8) is 0 Å². The van der Waals surface area contributed by atoms with Gasteiger partial charge in [-0.1, -0.05) is 25.8 Å². The Labute approximate surface area is 110 Å². The Morgan fingerprint density at radius 1 is 1.33 bits per heavy atom. The molecule has 18 heavy (non-hydrogen) atoms. The van der Waals surface area contributed by atoms with Crippen molar-refractivity contribution in [2.45, 2.75) is 46.1 Å². The average molecular weight is 242 g/mol. The third kappa shape index (κ3) is 3.11. The summed E-state index contributed by atoms with van der Waals surface area (Å²) in [6, 6.07) is 8.12. The van der Waals surface area contributed by atoms with Crippen LogP contribution in [0.4, 0.5) is 0 Å². The molecule has 0 atom stereocenters. The lowest BCUT2D eigenvalue weighted by atomic mass is 9.89. The highest BCUT2D eigenvalue weighted by Gasteiger charge is 2.27. The zero-order chi connectivity index (χ0) is 13.0. The van der Waals surface area contributed by atoms with Crippen molar-refractivity contribution in [3.8, 4) is 6.07 Å². The Morgan fingerprint density at radius 3 is 2.67 bits per heavy atom. The van der Waals surface area contributed by atoms with E-state index in [9.17, 15) is 0 Å². The Kier molecular flexibility index (Phi) is 4.04. The predicted molar refractivity (Wildman–Crippen MR) is 74.2 cm³/mol. The molecule has 0 heterocycles. The fourth-order valence-electron chi connectivity index (χ4n) is 2.87. The highest BCUT2D eigenvalue weighted by molar-refractivity contribution is 5.37. The van der Waals surface area contributed by atoms with Gasteiger partial charge in [-0.05, 0) is 48.4 Å². The van der Waals surface area contributed by atoms with Crippen LogP contribution in [0.2, 0.25) is 0 Å². The van der Waals surface area contributed by atoms with E-state index in [4.69, 9.17) is 5.26 Å². The molecule has 0 aliphatic heterocycles. The summed E-state index contributed by atoms with van der Waals surface area (Å²) in [7, 11) is 0. The molecule has 0 radical (unpaired) electrons. The fourth-order valence-corrected chi connectivity index (χ4v) is 2.87. The van der Waals surface area contributed by atoms with Gasteiger partial charge < -0.3 is 5.32 Å². The van der Waals surface area contributed by atoms with Crippen LogP contribution in [0, 0.1) is 23.7 Å². The Morgan fingerprint density at radius 2 is 2.06 bits per heavy atom. The molecule has 1 aromatic carbocycles. The van der Waals surface area contributed by atoms with Crippen molar-refractivity contribution in [1.29, 1.82) is 5.26 Å². The lowest BCUT2D eigenvalue weighted by Gasteiger charge is -2.24. The summed E-state index contributed by atoms with van der Waals surface area (Å²) in [4.78, 5) is 0. The number of rotatable bonds is 4. The molecule has 2 heteroatoms. The lowest BCUT2D eigenvalue weighted by Crippen LogP contribution is -2.29. The second-order valence-electron chi connectivity index (χ2n) is 5.87. The first-order chi connectivity index (χ1) is 8.63. The zero-order valence-corrected chi connectivity index (χ0v) is 11.4. The minimum Gasteiger partial charge on any atom is -0.312 e. The molecule has 0 saturated heterocycles. The standard InChI is InChI=1S/C16H22N2/c1-13-9-14(10-17)5-6-15(13)11-18-12-16(2)7-3-4-8-16/h5-6,9,18H,3-4,7-8,11-12H2,1-2H3. The van der Waals surface area contributed by atoms with Crippen molar-refractivity contribution >= 4 is 0 Å². The summed E-state index contributed by atoms with van der Waals surface area (Å²) in [5.74, 6) is 0. The van der Waals surface area contributed by atoms with Gasteiger partial charge in [-0.15, -0.1) is 0 Å². The van der Waals surface area contributed by atoms with E-state index in [-0.39, 0.29) is 0 Å². The van der Waals surface area contributed by atoms with Crippen LogP contribution >= 0.6 is 0 Å². The average Bonchev–Trinajstić information content (AvgIpc) is 2.78. The molecule has 1 aliphatic rings. The normalized spacial score (nSPS) is 17.6. The molecule has 1 aromatic rings. The van der Waals surface area contributed by atoms with Crippen LogP contribution in [0.15, 0.2) is 18.2 Å². The topological polar surface area (TPSA) is 35.8 Å². The van der Waals surface area contributed by atoms with Crippen LogP contribution in [-0.2, 0) is 6.54 Å². The third-order valence-electron chi connectivity index (χ3n) is 4.15. The SMILES string of the molecule is Cc1cc(C#N)ccc1CNCC1(C)CCCC1. The molecule has 1 saturated carbocycles. The molecule has 2 rings (SSSR count). The summed E-state index contributed by atoms with van der Waals surface area (Å²) < 4.78 is 0. The van der Waals surface area contributed by atoms with Crippen molar-refractivity contribution in [2.24, 2.45) is 5.41 Å². The molecular formula is C16H22N2. The number of nitrogens with one attached hydrogen (secondary N) is 1. The van der Waals surface area contributed by atoms with Crippen LogP contribution in [-0.4, -0.2) is 6.54 Å². The Hall–Kier alpha value is -1.33. The largest absolute Gasteiger partial charge is 0.312 e. The first-order valence-corrected chi connectivity index (χ1v) is 6.83. The van der Waals surface area contributed by atoms with Gasteiger partial charge in [0, 0.05) is 13.1 Å². The lowest BCUT2D eigenvalue weighted by molar-refractivity contribution is 0.314. The number of nitriles is 1. The van der Waals surface area contributed by atoms with Crippen molar-refractivity contribution in [2.75, 3.05) is 6.54 Å². The van der Waals surface area contributed by atoms with Crippen LogP contribution in [0.3, 0.4) is 0 Å². The van der Waals surface area contributed by atoms with Gasteiger partial charge in [0.2, 0.25) is 0 Å². The molecule has 0 amide bonds. The molecule has 0 unspecified atom stereocenters. The van der Waals surface area contributed by atoms with Crippen molar-refractivity contribution in [1.82, 2.24) is 5.32 Å². The quantitative estimate of drug-likeness (QED) is 0.876. The van der Waals surface area contributed by atoms with E-state index >= 15 is 0 Å². The van der Waals surface area contributed by atoms with Gasteiger partial charge >= 0.3 is 0 Å². The fraction of sp³-hybridized carbons (Fsp3) is 0.562. The number of nitrogens with zero attached hydrogens (tertiary/aromatic N) is 1. The molecule has 0 aromatic heterocycles. The van der Waals surface area contributed by atoms with Gasteiger partial charge in [0.25, 0.3) is 0 Å². The first-order valence-electron chi connectivity index (χ1n) is 6.83. The molecule has 0 bridgehead atoms. The maximum absolute atomic E-state index is 8.84. The summed E-state index contributed by atoms with van der Waals surface area (Å²) in [6.45, 7) is 6.48. The molecule has 2 nitrogen and oxygen atoms in total. The van der Waals surface area contributed by atoms with Gasteiger partial charge in [-0.3, -0.25) is 0 Å². The van der Waals surface area contributed by atoms with Crippen LogP contribution in [0.1, 0.15) is 49.3 Å². The van der Waals surface area contributed by atoms with Gasteiger partial charge in [0.1, 0.15) is 0 Å². The molecular weight excluding hydrogens is 220 g/mol. The van der Waals surface area contributed by atoms with E-state index in [2.05, 4.69) is 31.3 Å². The van der Waals surface area contributed by atoms with E-state index in [0.29, 0.717) is 5.41 Å². The zero-order valence-electron chi connectivity index (χ0n) is 11.4. The summed E-state index contributed by atoms with van der Waals surface area (Å²) in [5.41, 5.74) is 3.76. The van der Waals surface area contributed by atoms with Crippen molar-refractivity contribution < 1.29 is 0 Å². The van der Waals surface area contributed by atoms with Gasteiger partial charge in [-0.2, -0.15) is 5.26 Å². The van der Waals surface area contributed by atoms with Gasteiger partial charge in [0.15, 0.2) is 0 Å². The van der Waals surface area contributed by atoms with Gasteiger partial charge in [0.05, 0.1) is 11.6 Å². The number of aryl methyl sites for hydroxylation is 1. The number of benzene rings is 1. The third-order valence-corrected chi connectivity index (χ3v) is 4.15. The second-order valence-corrected chi connectivity index (χ2v) is 5.87. The monoisotopic (exact) mass is 242 g/mol. The molecule has 1 fully saturated rings. The van der Waals surface area contributed by atoms with Gasteiger partial charge in [-0.25, -0.2) is 0 Å².